The molecule has 2 unspecified atom stereocenters. The van der Waals surface area contributed by atoms with Crippen LogP contribution in [-0.2, 0) is 19.2 Å². The minimum Gasteiger partial charge on any atom is -0.481 e. The highest BCUT2D eigenvalue weighted by molar-refractivity contribution is 5.93. The Labute approximate surface area is 132 Å². The maximum atomic E-state index is 11.1. The van der Waals surface area contributed by atoms with Crippen LogP contribution in [0, 0.1) is 17.8 Å². The second-order valence-corrected chi connectivity index (χ2v) is 5.84. The van der Waals surface area contributed by atoms with Gasteiger partial charge in [-0.05, 0) is 37.6 Å². The van der Waals surface area contributed by atoms with E-state index in [4.69, 9.17) is 20.4 Å². The minimum absolute atomic E-state index is 0.0782. The third kappa shape index (κ3) is 5.85. The van der Waals surface area contributed by atoms with Gasteiger partial charge in [-0.2, -0.15) is 0 Å². The highest BCUT2D eigenvalue weighted by atomic mass is 16.4. The van der Waals surface area contributed by atoms with Gasteiger partial charge in [0.2, 0.25) is 0 Å². The van der Waals surface area contributed by atoms with E-state index in [0.717, 1.165) is 6.42 Å². The molecule has 0 bridgehead atoms. The summed E-state index contributed by atoms with van der Waals surface area (Å²) in [6, 6.07) is -1.22. The van der Waals surface area contributed by atoms with Gasteiger partial charge in [0.15, 0.2) is 5.92 Å². The standard InChI is InChI=1S/C14H21NO8/c16-10(17)5-9(12(18)19)15-6-7-2-1-3-8(4-7)11(13(20)21)14(22)23/h7-9,11,15H,1-6H2,(H,16,17)(H,18,19)(H,20,21)(H,22,23)/t7?,8?,9-/m0/s1. The van der Waals surface area contributed by atoms with Crippen LogP contribution in [0.4, 0.5) is 0 Å². The predicted molar refractivity (Wildman–Crippen MR) is 75.9 cm³/mol. The van der Waals surface area contributed by atoms with Gasteiger partial charge in [0, 0.05) is 0 Å². The number of hydrogen-bond donors (Lipinski definition) is 5. The summed E-state index contributed by atoms with van der Waals surface area (Å²) >= 11 is 0. The fraction of sp³-hybridized carbons (Fsp3) is 0.714. The van der Waals surface area contributed by atoms with Crippen LogP contribution in [0.2, 0.25) is 0 Å². The summed E-state index contributed by atoms with van der Waals surface area (Å²) in [5.74, 6) is -7.29. The molecular weight excluding hydrogens is 310 g/mol. The lowest BCUT2D eigenvalue weighted by atomic mass is 9.75. The van der Waals surface area contributed by atoms with Crippen molar-refractivity contribution < 1.29 is 39.6 Å². The van der Waals surface area contributed by atoms with Crippen LogP contribution in [0.5, 0.6) is 0 Å². The van der Waals surface area contributed by atoms with E-state index in [2.05, 4.69) is 5.32 Å². The molecule has 0 spiro atoms. The Morgan fingerprint density at radius 2 is 1.57 bits per heavy atom. The van der Waals surface area contributed by atoms with Crippen molar-refractivity contribution in [3.63, 3.8) is 0 Å². The first-order valence-electron chi connectivity index (χ1n) is 7.36. The third-order valence-electron chi connectivity index (χ3n) is 4.16. The van der Waals surface area contributed by atoms with Crippen LogP contribution in [-0.4, -0.2) is 56.9 Å². The van der Waals surface area contributed by atoms with Crippen molar-refractivity contribution in [2.75, 3.05) is 6.54 Å². The van der Waals surface area contributed by atoms with E-state index >= 15 is 0 Å². The van der Waals surface area contributed by atoms with Crippen LogP contribution >= 0.6 is 0 Å². The SMILES string of the molecule is O=C(O)C[C@H](NCC1CCCC(C(C(=O)O)C(=O)O)C1)C(=O)O. The average molecular weight is 331 g/mol. The van der Waals surface area contributed by atoms with Gasteiger partial charge in [-0.15, -0.1) is 0 Å². The molecule has 9 heteroatoms. The fourth-order valence-corrected chi connectivity index (χ4v) is 3.06. The molecule has 3 atom stereocenters. The molecule has 0 aromatic heterocycles. The van der Waals surface area contributed by atoms with E-state index in [1.165, 1.54) is 0 Å². The van der Waals surface area contributed by atoms with Gasteiger partial charge in [0.25, 0.3) is 0 Å². The summed E-state index contributed by atoms with van der Waals surface area (Å²) in [5.41, 5.74) is 0. The van der Waals surface area contributed by atoms with Gasteiger partial charge in [-0.3, -0.25) is 19.2 Å². The van der Waals surface area contributed by atoms with Crippen molar-refractivity contribution in [3.8, 4) is 0 Å². The molecule has 1 fully saturated rings. The maximum absolute atomic E-state index is 11.1. The summed E-state index contributed by atoms with van der Waals surface area (Å²) in [7, 11) is 0. The van der Waals surface area contributed by atoms with Gasteiger partial charge < -0.3 is 25.7 Å². The quantitative estimate of drug-likeness (QED) is 0.369. The summed E-state index contributed by atoms with van der Waals surface area (Å²) < 4.78 is 0. The van der Waals surface area contributed by atoms with Gasteiger partial charge in [-0.1, -0.05) is 6.42 Å². The molecule has 1 rings (SSSR count). The molecule has 0 radical (unpaired) electrons. The molecule has 0 amide bonds. The van der Waals surface area contributed by atoms with Crippen molar-refractivity contribution in [1.29, 1.82) is 0 Å². The van der Waals surface area contributed by atoms with Crippen LogP contribution < -0.4 is 5.32 Å². The summed E-state index contributed by atoms with van der Waals surface area (Å²) in [6.45, 7) is 0.215. The molecule has 5 N–H and O–H groups in total. The monoisotopic (exact) mass is 331 g/mol. The largest absolute Gasteiger partial charge is 0.481 e. The Balaban J connectivity index is 2.61. The first-order chi connectivity index (χ1) is 10.7. The molecule has 1 aliphatic carbocycles. The number of aliphatic carboxylic acids is 4. The average Bonchev–Trinajstić information content (AvgIpc) is 2.42. The van der Waals surface area contributed by atoms with Crippen molar-refractivity contribution in [2.24, 2.45) is 17.8 Å². The van der Waals surface area contributed by atoms with Gasteiger partial charge in [0.1, 0.15) is 6.04 Å². The highest BCUT2D eigenvalue weighted by Crippen LogP contribution is 2.34. The Morgan fingerprint density at radius 3 is 2.04 bits per heavy atom. The second kappa shape index (κ2) is 8.47. The number of carbonyl (C=O) groups is 4. The zero-order chi connectivity index (χ0) is 17.6. The molecule has 0 aliphatic heterocycles. The Kier molecular flexibility index (Phi) is 6.95. The molecule has 0 saturated heterocycles. The summed E-state index contributed by atoms with van der Waals surface area (Å²) in [4.78, 5) is 43.8. The van der Waals surface area contributed by atoms with E-state index in [1.807, 2.05) is 0 Å². The summed E-state index contributed by atoms with van der Waals surface area (Å²) in [6.07, 6.45) is 1.67. The van der Waals surface area contributed by atoms with Gasteiger partial charge >= 0.3 is 23.9 Å². The lowest BCUT2D eigenvalue weighted by Gasteiger charge is -2.31. The van der Waals surface area contributed by atoms with E-state index < -0.39 is 48.2 Å². The molecule has 0 aromatic rings. The Hall–Kier alpha value is -2.16. The fourth-order valence-electron chi connectivity index (χ4n) is 3.06. The van der Waals surface area contributed by atoms with Crippen LogP contribution in [0.3, 0.4) is 0 Å². The smallest absolute Gasteiger partial charge is 0.321 e. The van der Waals surface area contributed by atoms with E-state index in [0.29, 0.717) is 19.3 Å². The molecule has 130 valence electrons. The van der Waals surface area contributed by atoms with E-state index in [-0.39, 0.29) is 12.5 Å². The number of rotatable bonds is 9. The molecule has 0 aromatic carbocycles. The van der Waals surface area contributed by atoms with Gasteiger partial charge in [-0.25, -0.2) is 0 Å². The second-order valence-electron chi connectivity index (χ2n) is 5.84. The molecule has 9 nitrogen and oxygen atoms in total. The normalized spacial score (nSPS) is 22.5. The predicted octanol–water partition coefficient (Wildman–Crippen LogP) is 0.0957. The Bertz CT molecular complexity index is 463. The summed E-state index contributed by atoms with van der Waals surface area (Å²) in [5, 5.41) is 38.4. The van der Waals surface area contributed by atoms with Crippen molar-refractivity contribution in [3.05, 3.63) is 0 Å². The first-order valence-corrected chi connectivity index (χ1v) is 7.36. The minimum atomic E-state index is -1.47. The van der Waals surface area contributed by atoms with Crippen LogP contribution in [0.25, 0.3) is 0 Å². The molecule has 1 aliphatic rings. The van der Waals surface area contributed by atoms with Crippen molar-refractivity contribution in [1.82, 2.24) is 5.32 Å². The molecule has 23 heavy (non-hydrogen) atoms. The van der Waals surface area contributed by atoms with Crippen LogP contribution in [0.1, 0.15) is 32.1 Å². The van der Waals surface area contributed by atoms with Crippen molar-refractivity contribution >= 4 is 23.9 Å². The highest BCUT2D eigenvalue weighted by Gasteiger charge is 2.38. The molecular formula is C14H21NO8. The zero-order valence-corrected chi connectivity index (χ0v) is 12.5. The lowest BCUT2D eigenvalue weighted by Crippen LogP contribution is -2.42. The molecule has 0 heterocycles. The third-order valence-corrected chi connectivity index (χ3v) is 4.16. The lowest BCUT2D eigenvalue weighted by molar-refractivity contribution is -0.158. The number of carboxylic acid groups (broad SMARTS) is 4. The Morgan fingerprint density at radius 1 is 0.957 bits per heavy atom. The van der Waals surface area contributed by atoms with E-state index in [9.17, 15) is 19.2 Å². The molecule has 1 saturated carbocycles. The van der Waals surface area contributed by atoms with Gasteiger partial charge in [0.05, 0.1) is 6.42 Å². The first kappa shape index (κ1) is 18.9. The topological polar surface area (TPSA) is 161 Å². The number of hydrogen-bond acceptors (Lipinski definition) is 5. The maximum Gasteiger partial charge on any atom is 0.321 e. The number of nitrogens with one attached hydrogen (secondary N) is 1. The van der Waals surface area contributed by atoms with Crippen molar-refractivity contribution in [2.45, 2.75) is 38.1 Å². The van der Waals surface area contributed by atoms with Crippen LogP contribution in [0.15, 0.2) is 0 Å². The van der Waals surface area contributed by atoms with E-state index in [1.54, 1.807) is 0 Å². The zero-order valence-electron chi connectivity index (χ0n) is 12.5. The number of carboxylic acids is 4.